The van der Waals surface area contributed by atoms with Crippen LogP contribution in [0.15, 0.2) is 4.52 Å². The van der Waals surface area contributed by atoms with Gasteiger partial charge >= 0.3 is 0 Å². The molecule has 5 heteroatoms. The molecule has 1 atom stereocenters. The Morgan fingerprint density at radius 1 is 1.60 bits per heavy atom. The minimum atomic E-state index is -0.0905. The van der Waals surface area contributed by atoms with Crippen LogP contribution in [0.4, 0.5) is 0 Å². The summed E-state index contributed by atoms with van der Waals surface area (Å²) in [6, 6.07) is 0. The zero-order chi connectivity index (χ0) is 10.7. The van der Waals surface area contributed by atoms with Gasteiger partial charge in [0, 0.05) is 13.5 Å². The summed E-state index contributed by atoms with van der Waals surface area (Å²) in [5.41, 5.74) is -0.0905. The van der Waals surface area contributed by atoms with Crippen LogP contribution in [0.1, 0.15) is 31.5 Å². The summed E-state index contributed by atoms with van der Waals surface area (Å²) in [7, 11) is 0. The van der Waals surface area contributed by atoms with Gasteiger partial charge in [-0.2, -0.15) is 4.98 Å². The summed E-state index contributed by atoms with van der Waals surface area (Å²) >= 11 is 0. The highest BCUT2D eigenvalue weighted by Crippen LogP contribution is 2.21. The van der Waals surface area contributed by atoms with Crippen LogP contribution >= 0.6 is 0 Å². The smallest absolute Gasteiger partial charge is 0.223 e. The highest BCUT2D eigenvalue weighted by atomic mass is 16.5. The highest BCUT2D eigenvalue weighted by Gasteiger charge is 2.27. The molecule has 0 saturated carbocycles. The lowest BCUT2D eigenvalue weighted by molar-refractivity contribution is -0.0600. The van der Waals surface area contributed by atoms with E-state index in [4.69, 9.17) is 9.26 Å². The number of nitrogens with one attached hydrogen (secondary N) is 1. The zero-order valence-electron chi connectivity index (χ0n) is 9.25. The van der Waals surface area contributed by atoms with E-state index in [1.165, 1.54) is 0 Å². The molecule has 0 bridgehead atoms. The van der Waals surface area contributed by atoms with Crippen LogP contribution in [0, 0.1) is 6.92 Å². The fourth-order valence-corrected chi connectivity index (χ4v) is 1.79. The Morgan fingerprint density at radius 2 is 2.47 bits per heavy atom. The van der Waals surface area contributed by atoms with E-state index in [0.717, 1.165) is 25.9 Å². The van der Waals surface area contributed by atoms with Crippen molar-refractivity contribution in [2.75, 3.05) is 13.1 Å². The Hall–Kier alpha value is -0.940. The first-order valence-corrected chi connectivity index (χ1v) is 5.32. The summed E-state index contributed by atoms with van der Waals surface area (Å²) in [4.78, 5) is 4.10. The van der Waals surface area contributed by atoms with E-state index >= 15 is 0 Å². The van der Waals surface area contributed by atoms with Crippen molar-refractivity contribution in [1.82, 2.24) is 15.5 Å². The van der Waals surface area contributed by atoms with Crippen molar-refractivity contribution in [3.8, 4) is 0 Å². The van der Waals surface area contributed by atoms with E-state index in [9.17, 15) is 0 Å². The van der Waals surface area contributed by atoms with Gasteiger partial charge in [0.2, 0.25) is 5.89 Å². The maximum atomic E-state index is 5.82. The first-order chi connectivity index (χ1) is 7.18. The van der Waals surface area contributed by atoms with Crippen molar-refractivity contribution in [2.45, 2.75) is 38.9 Å². The van der Waals surface area contributed by atoms with Crippen LogP contribution < -0.4 is 5.32 Å². The molecule has 0 amide bonds. The number of hydrogen-bond acceptors (Lipinski definition) is 5. The molecule has 2 heterocycles. The molecule has 0 aliphatic carbocycles. The van der Waals surface area contributed by atoms with Gasteiger partial charge in [-0.1, -0.05) is 5.16 Å². The van der Waals surface area contributed by atoms with E-state index in [2.05, 4.69) is 22.4 Å². The van der Waals surface area contributed by atoms with Crippen LogP contribution in [-0.4, -0.2) is 28.8 Å². The van der Waals surface area contributed by atoms with Crippen molar-refractivity contribution < 1.29 is 9.26 Å². The van der Waals surface area contributed by atoms with Crippen LogP contribution in [0.5, 0.6) is 0 Å². The topological polar surface area (TPSA) is 60.2 Å². The Bertz CT molecular complexity index is 318. The molecule has 0 spiro atoms. The summed E-state index contributed by atoms with van der Waals surface area (Å²) in [5, 5.41) is 7.13. The number of rotatable bonds is 3. The predicted octanol–water partition coefficient (Wildman–Crippen LogP) is 1.04. The molecule has 1 unspecified atom stereocenters. The van der Waals surface area contributed by atoms with E-state index in [1.807, 2.05) is 0 Å². The van der Waals surface area contributed by atoms with Crippen LogP contribution in [0.3, 0.4) is 0 Å². The summed E-state index contributed by atoms with van der Waals surface area (Å²) in [6.07, 6.45) is 2.23. The molecular formula is C10H17N3O2. The maximum Gasteiger partial charge on any atom is 0.223 e. The third kappa shape index (κ3) is 2.76. The number of aryl methyl sites for hydroxylation is 1. The molecule has 2 rings (SSSR count). The van der Waals surface area contributed by atoms with Gasteiger partial charge in [-0.25, -0.2) is 0 Å². The molecule has 1 fully saturated rings. The third-order valence-electron chi connectivity index (χ3n) is 2.68. The molecule has 0 radical (unpaired) electrons. The molecule has 84 valence electrons. The number of hydrogen-bond donors (Lipinski definition) is 1. The quantitative estimate of drug-likeness (QED) is 0.809. The molecule has 1 aromatic heterocycles. The summed E-state index contributed by atoms with van der Waals surface area (Å²) in [6.45, 7) is 6.30. The van der Waals surface area contributed by atoms with E-state index in [-0.39, 0.29) is 5.60 Å². The minimum Gasteiger partial charge on any atom is -0.366 e. The Labute approximate surface area is 89.2 Å². The largest absolute Gasteiger partial charge is 0.366 e. The lowest BCUT2D eigenvalue weighted by Gasteiger charge is -2.33. The highest BCUT2D eigenvalue weighted by molar-refractivity contribution is 4.86. The number of nitrogens with zero attached hydrogens (tertiary/aromatic N) is 2. The predicted molar refractivity (Wildman–Crippen MR) is 54.3 cm³/mol. The molecule has 1 N–H and O–H groups in total. The van der Waals surface area contributed by atoms with Crippen molar-refractivity contribution in [1.29, 1.82) is 0 Å². The second kappa shape index (κ2) is 4.28. The molecule has 1 saturated heterocycles. The van der Waals surface area contributed by atoms with Crippen LogP contribution in [-0.2, 0) is 11.3 Å². The van der Waals surface area contributed by atoms with Crippen molar-refractivity contribution in [3.63, 3.8) is 0 Å². The van der Waals surface area contributed by atoms with E-state index in [1.54, 1.807) is 6.92 Å². The number of aromatic nitrogens is 2. The first-order valence-electron chi connectivity index (χ1n) is 5.32. The Kier molecular flexibility index (Phi) is 3.02. The SMILES string of the molecule is Cc1nc(COC2(C)CCCNC2)no1. The van der Waals surface area contributed by atoms with Gasteiger partial charge in [0.1, 0.15) is 6.61 Å². The van der Waals surface area contributed by atoms with Crippen molar-refractivity contribution in [3.05, 3.63) is 11.7 Å². The van der Waals surface area contributed by atoms with Gasteiger partial charge in [-0.3, -0.25) is 0 Å². The normalized spacial score (nSPS) is 26.8. The minimum absolute atomic E-state index is 0.0905. The molecule has 1 aromatic rings. The number of ether oxygens (including phenoxy) is 1. The maximum absolute atomic E-state index is 5.82. The standard InChI is InChI=1S/C10H17N3O2/c1-8-12-9(13-15-8)6-14-10(2)4-3-5-11-7-10/h11H,3-7H2,1-2H3. The average Bonchev–Trinajstić information content (AvgIpc) is 2.63. The van der Waals surface area contributed by atoms with Gasteiger partial charge in [0.15, 0.2) is 5.82 Å². The van der Waals surface area contributed by atoms with E-state index in [0.29, 0.717) is 18.3 Å². The van der Waals surface area contributed by atoms with E-state index < -0.39 is 0 Å². The lowest BCUT2D eigenvalue weighted by atomic mass is 9.96. The van der Waals surface area contributed by atoms with Gasteiger partial charge < -0.3 is 14.6 Å². The molecule has 1 aliphatic heterocycles. The fraction of sp³-hybridized carbons (Fsp3) is 0.800. The Balaban J connectivity index is 1.86. The first kappa shape index (κ1) is 10.6. The van der Waals surface area contributed by atoms with Crippen LogP contribution in [0.25, 0.3) is 0 Å². The summed E-state index contributed by atoms with van der Waals surface area (Å²) in [5.74, 6) is 1.21. The molecule has 0 aromatic carbocycles. The fourth-order valence-electron chi connectivity index (χ4n) is 1.79. The third-order valence-corrected chi connectivity index (χ3v) is 2.68. The molecule has 15 heavy (non-hydrogen) atoms. The second-order valence-corrected chi connectivity index (χ2v) is 4.25. The van der Waals surface area contributed by atoms with Gasteiger partial charge in [-0.15, -0.1) is 0 Å². The van der Waals surface area contributed by atoms with Crippen molar-refractivity contribution >= 4 is 0 Å². The molecule has 1 aliphatic rings. The monoisotopic (exact) mass is 211 g/mol. The zero-order valence-corrected chi connectivity index (χ0v) is 9.25. The van der Waals surface area contributed by atoms with Crippen LogP contribution in [0.2, 0.25) is 0 Å². The van der Waals surface area contributed by atoms with Gasteiger partial charge in [0.25, 0.3) is 0 Å². The lowest BCUT2D eigenvalue weighted by Crippen LogP contribution is -2.45. The second-order valence-electron chi connectivity index (χ2n) is 4.25. The van der Waals surface area contributed by atoms with Crippen molar-refractivity contribution in [2.24, 2.45) is 0 Å². The van der Waals surface area contributed by atoms with Gasteiger partial charge in [0.05, 0.1) is 5.60 Å². The molecular weight excluding hydrogens is 194 g/mol. The van der Waals surface area contributed by atoms with Gasteiger partial charge in [-0.05, 0) is 26.3 Å². The molecule has 5 nitrogen and oxygen atoms in total. The Morgan fingerprint density at radius 3 is 3.07 bits per heavy atom. The number of piperidine rings is 1. The summed E-state index contributed by atoms with van der Waals surface area (Å²) < 4.78 is 10.7. The average molecular weight is 211 g/mol.